The Morgan fingerprint density at radius 1 is 1.31 bits per heavy atom. The van der Waals surface area contributed by atoms with E-state index in [4.69, 9.17) is 0 Å². The summed E-state index contributed by atoms with van der Waals surface area (Å²) in [5.74, 6) is -0.886. The summed E-state index contributed by atoms with van der Waals surface area (Å²) in [4.78, 5) is 11.0. The van der Waals surface area contributed by atoms with E-state index in [9.17, 15) is 18.0 Å². The van der Waals surface area contributed by atoms with Gasteiger partial charge >= 0.3 is 6.18 Å². The standard InChI is InChI=1S/C8H14F3NO/c1-5(2)6(3)7(13)12-4-8(9,10)11/h5-6H,4H2,1-3H3,(H,12,13). The molecule has 0 aromatic carbocycles. The number of rotatable bonds is 3. The maximum atomic E-state index is 11.7. The molecule has 78 valence electrons. The third kappa shape index (κ3) is 5.49. The Bertz CT molecular complexity index is 177. The van der Waals surface area contributed by atoms with Crippen LogP contribution >= 0.6 is 0 Å². The molecule has 1 atom stereocenters. The van der Waals surface area contributed by atoms with Crippen LogP contribution in [-0.2, 0) is 4.79 Å². The summed E-state index contributed by atoms with van der Waals surface area (Å²) in [6.07, 6.45) is -4.33. The van der Waals surface area contributed by atoms with Gasteiger partial charge in [-0.2, -0.15) is 13.2 Å². The minimum absolute atomic E-state index is 0.0493. The monoisotopic (exact) mass is 197 g/mol. The van der Waals surface area contributed by atoms with Gasteiger partial charge in [0.2, 0.25) is 5.91 Å². The summed E-state index contributed by atoms with van der Waals surface area (Å²) in [5, 5.41) is 1.84. The highest BCUT2D eigenvalue weighted by molar-refractivity contribution is 5.78. The number of carbonyl (C=O) groups excluding carboxylic acids is 1. The molecule has 0 fully saturated rings. The van der Waals surface area contributed by atoms with E-state index in [2.05, 4.69) is 0 Å². The van der Waals surface area contributed by atoms with Crippen molar-refractivity contribution in [3.8, 4) is 0 Å². The minimum atomic E-state index is -4.33. The molecule has 0 saturated heterocycles. The second kappa shape index (κ2) is 4.48. The molecule has 0 aromatic heterocycles. The molecule has 0 saturated carbocycles. The fourth-order valence-corrected chi connectivity index (χ4v) is 0.651. The lowest BCUT2D eigenvalue weighted by atomic mass is 9.97. The molecule has 0 aliphatic heterocycles. The number of hydrogen-bond acceptors (Lipinski definition) is 1. The molecule has 1 amide bonds. The molecule has 13 heavy (non-hydrogen) atoms. The predicted molar refractivity (Wildman–Crippen MR) is 43.1 cm³/mol. The summed E-state index contributed by atoms with van der Waals surface area (Å²) < 4.78 is 35.0. The lowest BCUT2D eigenvalue weighted by Crippen LogP contribution is -2.38. The van der Waals surface area contributed by atoms with Crippen molar-refractivity contribution < 1.29 is 18.0 Å². The number of carbonyl (C=O) groups is 1. The molecule has 1 unspecified atom stereocenters. The van der Waals surface area contributed by atoms with Gasteiger partial charge in [-0.1, -0.05) is 20.8 Å². The molecule has 0 heterocycles. The molecule has 2 nitrogen and oxygen atoms in total. The van der Waals surface area contributed by atoms with Crippen LogP contribution in [0.2, 0.25) is 0 Å². The maximum Gasteiger partial charge on any atom is 0.405 e. The molecule has 0 radical (unpaired) electrons. The fourth-order valence-electron chi connectivity index (χ4n) is 0.651. The largest absolute Gasteiger partial charge is 0.405 e. The first-order valence-corrected chi connectivity index (χ1v) is 4.08. The number of alkyl halides is 3. The second-order valence-corrected chi connectivity index (χ2v) is 3.37. The highest BCUT2D eigenvalue weighted by Crippen LogP contribution is 2.14. The summed E-state index contributed by atoms with van der Waals surface area (Å²) in [7, 11) is 0. The first kappa shape index (κ1) is 12.3. The average Bonchev–Trinajstić information content (AvgIpc) is 1.97. The Hall–Kier alpha value is -0.740. The Morgan fingerprint density at radius 2 is 1.77 bits per heavy atom. The van der Waals surface area contributed by atoms with E-state index >= 15 is 0 Å². The molecule has 5 heteroatoms. The molecular weight excluding hydrogens is 183 g/mol. The van der Waals surface area contributed by atoms with Crippen LogP contribution in [0.1, 0.15) is 20.8 Å². The van der Waals surface area contributed by atoms with E-state index in [-0.39, 0.29) is 11.8 Å². The van der Waals surface area contributed by atoms with Crippen molar-refractivity contribution in [2.75, 3.05) is 6.54 Å². The van der Waals surface area contributed by atoms with Gasteiger partial charge in [-0.15, -0.1) is 0 Å². The molecule has 1 N–H and O–H groups in total. The van der Waals surface area contributed by atoms with Crippen molar-refractivity contribution in [2.45, 2.75) is 26.9 Å². The third-order valence-electron chi connectivity index (χ3n) is 1.88. The van der Waals surface area contributed by atoms with E-state index in [0.717, 1.165) is 0 Å². The summed E-state index contributed by atoms with van der Waals surface area (Å²) in [6, 6.07) is 0. The van der Waals surface area contributed by atoms with Gasteiger partial charge < -0.3 is 5.32 Å². The summed E-state index contributed by atoms with van der Waals surface area (Å²) in [5.41, 5.74) is 0. The van der Waals surface area contributed by atoms with Gasteiger partial charge in [-0.05, 0) is 5.92 Å². The quantitative estimate of drug-likeness (QED) is 0.736. The Kier molecular flexibility index (Phi) is 4.23. The van der Waals surface area contributed by atoms with E-state index in [1.165, 1.54) is 0 Å². The topological polar surface area (TPSA) is 29.1 Å². The van der Waals surface area contributed by atoms with E-state index in [1.807, 2.05) is 5.32 Å². The van der Waals surface area contributed by atoms with Gasteiger partial charge in [0.1, 0.15) is 6.54 Å². The van der Waals surface area contributed by atoms with Crippen molar-refractivity contribution in [2.24, 2.45) is 11.8 Å². The Labute approximate surface area is 75.5 Å². The van der Waals surface area contributed by atoms with E-state index < -0.39 is 18.6 Å². The highest BCUT2D eigenvalue weighted by Gasteiger charge is 2.29. The zero-order chi connectivity index (χ0) is 10.6. The second-order valence-electron chi connectivity index (χ2n) is 3.37. The van der Waals surface area contributed by atoms with Gasteiger partial charge in [-0.25, -0.2) is 0 Å². The van der Waals surface area contributed by atoms with Gasteiger partial charge in [-0.3, -0.25) is 4.79 Å². The van der Waals surface area contributed by atoms with E-state index in [1.54, 1.807) is 20.8 Å². The SMILES string of the molecule is CC(C)C(C)C(=O)NCC(F)(F)F. The van der Waals surface area contributed by atoms with Gasteiger partial charge in [0, 0.05) is 5.92 Å². The van der Waals surface area contributed by atoms with Crippen LogP contribution in [0.5, 0.6) is 0 Å². The smallest absolute Gasteiger partial charge is 0.347 e. The maximum absolute atomic E-state index is 11.7. The van der Waals surface area contributed by atoms with Gasteiger partial charge in [0.05, 0.1) is 0 Å². The zero-order valence-corrected chi connectivity index (χ0v) is 7.90. The zero-order valence-electron chi connectivity index (χ0n) is 7.90. The summed E-state index contributed by atoms with van der Waals surface area (Å²) in [6.45, 7) is 3.94. The van der Waals surface area contributed by atoms with Crippen LogP contribution in [0.25, 0.3) is 0 Å². The summed E-state index contributed by atoms with van der Waals surface area (Å²) >= 11 is 0. The van der Waals surface area contributed by atoms with Gasteiger partial charge in [0.15, 0.2) is 0 Å². The fraction of sp³-hybridized carbons (Fsp3) is 0.875. The predicted octanol–water partition coefficient (Wildman–Crippen LogP) is 1.96. The normalized spacial score (nSPS) is 14.4. The number of nitrogens with one attached hydrogen (secondary N) is 1. The van der Waals surface area contributed by atoms with Crippen LogP contribution in [0.4, 0.5) is 13.2 Å². The molecule has 0 rings (SSSR count). The number of hydrogen-bond donors (Lipinski definition) is 1. The minimum Gasteiger partial charge on any atom is -0.347 e. The Balaban J connectivity index is 3.89. The molecule has 0 bridgehead atoms. The van der Waals surface area contributed by atoms with Crippen LogP contribution in [-0.4, -0.2) is 18.6 Å². The van der Waals surface area contributed by atoms with Crippen molar-refractivity contribution in [1.82, 2.24) is 5.32 Å². The van der Waals surface area contributed by atoms with Crippen LogP contribution in [0, 0.1) is 11.8 Å². The number of halogens is 3. The van der Waals surface area contributed by atoms with Crippen molar-refractivity contribution >= 4 is 5.91 Å². The lowest BCUT2D eigenvalue weighted by Gasteiger charge is -2.16. The van der Waals surface area contributed by atoms with Crippen molar-refractivity contribution in [3.05, 3.63) is 0 Å². The first-order valence-electron chi connectivity index (χ1n) is 4.08. The highest BCUT2D eigenvalue weighted by atomic mass is 19.4. The Morgan fingerprint density at radius 3 is 2.08 bits per heavy atom. The first-order chi connectivity index (χ1) is 5.74. The molecular formula is C8H14F3NO. The lowest BCUT2D eigenvalue weighted by molar-refractivity contribution is -0.141. The van der Waals surface area contributed by atoms with Gasteiger partial charge in [0.25, 0.3) is 0 Å². The number of amides is 1. The molecule has 0 aromatic rings. The van der Waals surface area contributed by atoms with E-state index in [0.29, 0.717) is 0 Å². The van der Waals surface area contributed by atoms with Crippen molar-refractivity contribution in [3.63, 3.8) is 0 Å². The molecule has 0 spiro atoms. The molecule has 0 aliphatic carbocycles. The average molecular weight is 197 g/mol. The third-order valence-corrected chi connectivity index (χ3v) is 1.88. The van der Waals surface area contributed by atoms with Crippen molar-refractivity contribution in [1.29, 1.82) is 0 Å². The van der Waals surface area contributed by atoms with Crippen LogP contribution in [0.15, 0.2) is 0 Å². The van der Waals surface area contributed by atoms with Crippen LogP contribution in [0.3, 0.4) is 0 Å². The van der Waals surface area contributed by atoms with Crippen LogP contribution < -0.4 is 5.32 Å². The molecule has 0 aliphatic rings.